The van der Waals surface area contributed by atoms with Gasteiger partial charge in [0.25, 0.3) is 0 Å². The summed E-state index contributed by atoms with van der Waals surface area (Å²) in [6.07, 6.45) is 7.13. The van der Waals surface area contributed by atoms with Crippen molar-refractivity contribution >= 4 is 31.5 Å². The maximum absolute atomic E-state index is 7.13. The zero-order valence-electron chi connectivity index (χ0n) is 7.95. The summed E-state index contributed by atoms with van der Waals surface area (Å²) in [5.74, 6) is 2.43. The maximum atomic E-state index is 7.13. The van der Waals surface area contributed by atoms with Crippen LogP contribution in [0.1, 0.15) is 5.56 Å². The summed E-state index contributed by atoms with van der Waals surface area (Å²) < 4.78 is 2.57. The van der Waals surface area contributed by atoms with Gasteiger partial charge in [-0.1, -0.05) is 24.1 Å². The van der Waals surface area contributed by atoms with Gasteiger partial charge < -0.3 is 0 Å². The first-order valence-corrected chi connectivity index (χ1v) is 5.54. The van der Waals surface area contributed by atoms with Crippen LogP contribution in [-0.2, 0) is 0 Å². The van der Waals surface area contributed by atoms with E-state index in [-0.39, 0.29) is 0 Å². The highest BCUT2D eigenvalue weighted by Crippen LogP contribution is 2.33. The number of hydrogen-bond donors (Lipinski definition) is 0. The molecule has 0 nitrogen and oxygen atoms in total. The van der Waals surface area contributed by atoms with E-state index in [4.69, 9.17) is 6.42 Å². The van der Waals surface area contributed by atoms with Crippen molar-refractivity contribution in [2.75, 3.05) is 0 Å². The first kappa shape index (κ1) is 8.52. The Balaban J connectivity index is 2.53. The second-order valence-electron chi connectivity index (χ2n) is 3.43. The van der Waals surface area contributed by atoms with Crippen LogP contribution in [0.5, 0.6) is 0 Å². The number of benzene rings is 2. The predicted octanol–water partition coefficient (Wildman–Crippen LogP) is 3.99. The van der Waals surface area contributed by atoms with Gasteiger partial charge in [-0.15, -0.1) is 11.3 Å². The van der Waals surface area contributed by atoms with E-state index in [0.29, 0.717) is 0 Å². The highest BCUT2D eigenvalue weighted by molar-refractivity contribution is 7.25. The third-order valence-electron chi connectivity index (χ3n) is 2.52. The summed E-state index contributed by atoms with van der Waals surface area (Å²) in [5, 5.41) is 2.50. The lowest BCUT2D eigenvalue weighted by Crippen LogP contribution is -1.71. The van der Waals surface area contributed by atoms with Gasteiger partial charge in [0, 0.05) is 25.7 Å². The predicted molar refractivity (Wildman–Crippen MR) is 65.6 cm³/mol. The zero-order valence-corrected chi connectivity index (χ0v) is 8.77. The van der Waals surface area contributed by atoms with E-state index < -0.39 is 0 Å². The Labute approximate surface area is 92.2 Å². The molecule has 0 unspecified atom stereocenters. The molecule has 0 N–H and O–H groups in total. The van der Waals surface area contributed by atoms with Crippen molar-refractivity contribution in [3.63, 3.8) is 0 Å². The molecule has 0 fully saturated rings. The molecule has 15 heavy (non-hydrogen) atoms. The van der Waals surface area contributed by atoms with E-state index >= 15 is 0 Å². The molecule has 0 amide bonds. The third kappa shape index (κ3) is 1.23. The van der Waals surface area contributed by atoms with E-state index in [2.05, 4.69) is 36.3 Å². The normalized spacial score (nSPS) is 10.6. The molecule has 1 heterocycles. The molecule has 3 rings (SSSR count). The van der Waals surface area contributed by atoms with Gasteiger partial charge in [-0.25, -0.2) is 0 Å². The summed E-state index contributed by atoms with van der Waals surface area (Å²) in [6, 6.07) is 14.4. The van der Waals surface area contributed by atoms with Crippen LogP contribution in [0.15, 0.2) is 42.5 Å². The average Bonchev–Trinajstić information content (AvgIpc) is 2.66. The van der Waals surface area contributed by atoms with Crippen LogP contribution >= 0.6 is 11.3 Å². The second kappa shape index (κ2) is 3.12. The molecule has 0 aliphatic carbocycles. The fourth-order valence-electron chi connectivity index (χ4n) is 1.80. The molecule has 3 aromatic rings. The van der Waals surface area contributed by atoms with Gasteiger partial charge in [0.1, 0.15) is 0 Å². The van der Waals surface area contributed by atoms with Crippen LogP contribution in [0, 0.1) is 12.3 Å². The van der Waals surface area contributed by atoms with Crippen LogP contribution in [0.4, 0.5) is 0 Å². The second-order valence-corrected chi connectivity index (χ2v) is 4.52. The third-order valence-corrected chi connectivity index (χ3v) is 3.67. The molecule has 0 saturated heterocycles. The molecule has 0 bridgehead atoms. The minimum Gasteiger partial charge on any atom is -0.135 e. The van der Waals surface area contributed by atoms with Crippen molar-refractivity contribution < 1.29 is 0 Å². The maximum Gasteiger partial charge on any atom is 0.0356 e. The first-order valence-electron chi connectivity index (χ1n) is 4.72. The van der Waals surface area contributed by atoms with E-state index in [1.807, 2.05) is 12.1 Å². The molecule has 0 atom stereocenters. The van der Waals surface area contributed by atoms with Crippen LogP contribution in [0.2, 0.25) is 0 Å². The smallest absolute Gasteiger partial charge is 0.0356 e. The van der Waals surface area contributed by atoms with Gasteiger partial charge >= 0.3 is 0 Å². The highest BCUT2D eigenvalue weighted by Gasteiger charge is 2.03. The Morgan fingerprint density at radius 1 is 0.933 bits per heavy atom. The Kier molecular flexibility index (Phi) is 1.77. The number of thiophene rings is 1. The molecule has 1 radical (unpaired) electrons. The molecule has 1 aromatic heterocycles. The molecule has 0 aliphatic heterocycles. The van der Waals surface area contributed by atoms with Crippen molar-refractivity contribution in [1.82, 2.24) is 0 Å². The largest absolute Gasteiger partial charge is 0.135 e. The molecule has 0 spiro atoms. The monoisotopic (exact) mass is 207 g/mol. The number of fused-ring (bicyclic) bond motifs is 3. The molecular weight excluding hydrogens is 200 g/mol. The van der Waals surface area contributed by atoms with E-state index in [1.165, 1.54) is 20.2 Å². The molecule has 1 heteroatoms. The zero-order chi connectivity index (χ0) is 10.3. The fraction of sp³-hybridized carbons (Fsp3) is 0. The van der Waals surface area contributed by atoms with Crippen molar-refractivity contribution in [2.24, 2.45) is 0 Å². The lowest BCUT2D eigenvalue weighted by atomic mass is 10.1. The first-order chi connectivity index (χ1) is 7.38. The van der Waals surface area contributed by atoms with Crippen LogP contribution < -0.4 is 0 Å². The van der Waals surface area contributed by atoms with Crippen molar-refractivity contribution in [1.29, 1.82) is 0 Å². The van der Waals surface area contributed by atoms with Gasteiger partial charge in [-0.3, -0.25) is 0 Å². The van der Waals surface area contributed by atoms with Gasteiger partial charge in [-0.2, -0.15) is 0 Å². The summed E-state index contributed by atoms with van der Waals surface area (Å²) in [7, 11) is 0. The number of hydrogen-bond acceptors (Lipinski definition) is 1. The summed E-state index contributed by atoms with van der Waals surface area (Å²) in [4.78, 5) is 0. The molecule has 2 aromatic carbocycles. The average molecular weight is 207 g/mol. The van der Waals surface area contributed by atoms with Crippen molar-refractivity contribution in [3.05, 3.63) is 54.5 Å². The fourth-order valence-corrected chi connectivity index (χ4v) is 2.89. The van der Waals surface area contributed by atoms with Gasteiger partial charge in [0.15, 0.2) is 0 Å². The summed E-state index contributed by atoms with van der Waals surface area (Å²) in [6.45, 7) is 0. The lowest BCUT2D eigenvalue weighted by molar-refractivity contribution is 1.75. The molecule has 69 valence electrons. The van der Waals surface area contributed by atoms with Crippen LogP contribution in [0.25, 0.3) is 20.2 Å². The van der Waals surface area contributed by atoms with E-state index in [1.54, 1.807) is 11.3 Å². The summed E-state index contributed by atoms with van der Waals surface area (Å²) >= 11 is 1.79. The van der Waals surface area contributed by atoms with Crippen molar-refractivity contribution in [2.45, 2.75) is 0 Å². The SMILES string of the molecule is [C]#Cc1ccc2sc3ccccc3c2c1. The molecule has 0 aliphatic rings. The Hall–Kier alpha value is -1.78. The van der Waals surface area contributed by atoms with Gasteiger partial charge in [-0.05, 0) is 30.7 Å². The van der Waals surface area contributed by atoms with Gasteiger partial charge in [0.05, 0.1) is 0 Å². The van der Waals surface area contributed by atoms with Gasteiger partial charge in [0.2, 0.25) is 0 Å². The van der Waals surface area contributed by atoms with E-state index in [9.17, 15) is 0 Å². The Morgan fingerprint density at radius 3 is 2.60 bits per heavy atom. The molecular formula is C14H7S. The minimum atomic E-state index is 0.839. The highest BCUT2D eigenvalue weighted by atomic mass is 32.1. The van der Waals surface area contributed by atoms with Crippen LogP contribution in [0.3, 0.4) is 0 Å². The van der Waals surface area contributed by atoms with Crippen molar-refractivity contribution in [3.8, 4) is 5.92 Å². The summed E-state index contributed by atoms with van der Waals surface area (Å²) in [5.41, 5.74) is 0.839. The van der Waals surface area contributed by atoms with E-state index in [0.717, 1.165) is 5.56 Å². The Bertz CT molecular complexity index is 683. The topological polar surface area (TPSA) is 0 Å². The standard InChI is InChI=1S/C14H7S/c1-2-10-7-8-14-12(9-10)11-5-3-4-6-13(11)15-14/h3-9H. The molecule has 0 saturated carbocycles. The van der Waals surface area contributed by atoms with Crippen LogP contribution in [-0.4, -0.2) is 0 Å². The lowest BCUT2D eigenvalue weighted by Gasteiger charge is -1.92. The quantitative estimate of drug-likeness (QED) is 0.489. The Morgan fingerprint density at radius 2 is 1.73 bits per heavy atom. The minimum absolute atomic E-state index is 0.839. The number of rotatable bonds is 0.